The van der Waals surface area contributed by atoms with Gasteiger partial charge in [0.15, 0.2) is 17.4 Å². The second-order valence-electron chi connectivity index (χ2n) is 4.71. The van der Waals surface area contributed by atoms with Crippen molar-refractivity contribution in [2.75, 3.05) is 10.6 Å². The molecule has 0 saturated heterocycles. The summed E-state index contributed by atoms with van der Waals surface area (Å²) < 4.78 is 53.6. The van der Waals surface area contributed by atoms with E-state index in [2.05, 4.69) is 5.32 Å². The maximum atomic E-state index is 13.7. The summed E-state index contributed by atoms with van der Waals surface area (Å²) in [4.78, 5) is 22.9. The number of phenolic OH excluding ortho intramolecular Hbond substituents is 1. The lowest BCUT2D eigenvalue weighted by Gasteiger charge is -2.10. The first-order chi connectivity index (χ1) is 11.2. The van der Waals surface area contributed by atoms with Crippen molar-refractivity contribution in [3.05, 3.63) is 53.1 Å². The number of nitrogens with one attached hydrogen (secondary N) is 2. The minimum absolute atomic E-state index is 0.146. The molecule has 0 saturated carbocycles. The number of hydrogen-bond donors (Lipinski definition) is 3. The molecule has 126 valence electrons. The number of benzene rings is 2. The first-order valence-corrected chi connectivity index (χ1v) is 6.45. The van der Waals surface area contributed by atoms with Gasteiger partial charge in [-0.25, -0.2) is 13.2 Å². The molecule has 2 aromatic carbocycles. The molecule has 9 heteroatoms. The zero-order valence-corrected chi connectivity index (χ0v) is 12.1. The van der Waals surface area contributed by atoms with Gasteiger partial charge >= 0.3 is 0 Å². The lowest BCUT2D eigenvalue weighted by atomic mass is 10.1. The molecule has 0 aliphatic heterocycles. The van der Waals surface area contributed by atoms with Crippen LogP contribution in [-0.2, 0) is 4.79 Å². The Bertz CT molecular complexity index is 840. The number of amides is 2. The molecule has 0 fully saturated rings. The molecule has 0 aliphatic rings. The van der Waals surface area contributed by atoms with E-state index in [0.29, 0.717) is 0 Å². The molecule has 0 aliphatic carbocycles. The monoisotopic (exact) mass is 342 g/mol. The van der Waals surface area contributed by atoms with Crippen LogP contribution in [0.5, 0.6) is 5.75 Å². The van der Waals surface area contributed by atoms with Gasteiger partial charge in [-0.1, -0.05) is 0 Å². The van der Waals surface area contributed by atoms with Crippen LogP contribution in [0.3, 0.4) is 0 Å². The maximum absolute atomic E-state index is 13.7. The van der Waals surface area contributed by atoms with Gasteiger partial charge in [-0.05, 0) is 24.3 Å². The molecular weight excluding hydrogens is 332 g/mol. The van der Waals surface area contributed by atoms with E-state index in [1.165, 1.54) is 13.0 Å². The molecule has 5 nitrogen and oxygen atoms in total. The Morgan fingerprint density at radius 1 is 0.958 bits per heavy atom. The molecular formula is C15H10F4N2O3. The minimum atomic E-state index is -1.84. The molecule has 2 aromatic rings. The molecule has 2 amide bonds. The van der Waals surface area contributed by atoms with E-state index in [9.17, 15) is 27.2 Å². The third kappa shape index (κ3) is 3.45. The van der Waals surface area contributed by atoms with Crippen LogP contribution in [0.15, 0.2) is 24.3 Å². The minimum Gasteiger partial charge on any atom is -0.503 e. The quantitative estimate of drug-likeness (QED) is 0.592. The Hall–Kier alpha value is -3.10. The van der Waals surface area contributed by atoms with Gasteiger partial charge in [0.1, 0.15) is 5.82 Å². The molecule has 0 unspecified atom stereocenters. The standard InChI is InChI=1S/C15H10F4N2O3/c1-6(22)20-7-2-3-9(16)11(4-7)21-15(24)8-5-10(17)13(19)14(23)12(8)18/h2-5,23H,1H3,(H,20,22)(H,21,24). The van der Waals surface area contributed by atoms with E-state index in [1.807, 2.05) is 5.32 Å². The van der Waals surface area contributed by atoms with Crippen molar-refractivity contribution in [2.24, 2.45) is 0 Å². The van der Waals surface area contributed by atoms with E-state index < -0.39 is 52.1 Å². The molecule has 0 heterocycles. The summed E-state index contributed by atoms with van der Waals surface area (Å²) in [5.74, 6) is -9.52. The van der Waals surface area contributed by atoms with Crippen LogP contribution in [0, 0.1) is 23.3 Å². The Labute approximate surface area is 132 Å². The predicted molar refractivity (Wildman–Crippen MR) is 76.6 cm³/mol. The second kappa shape index (κ2) is 6.57. The van der Waals surface area contributed by atoms with Crippen molar-refractivity contribution in [1.29, 1.82) is 0 Å². The second-order valence-corrected chi connectivity index (χ2v) is 4.71. The summed E-state index contributed by atoms with van der Waals surface area (Å²) in [5.41, 5.74) is -1.31. The van der Waals surface area contributed by atoms with Gasteiger partial charge in [0, 0.05) is 12.6 Å². The molecule has 0 aromatic heterocycles. The third-order valence-electron chi connectivity index (χ3n) is 2.91. The summed E-state index contributed by atoms with van der Waals surface area (Å²) >= 11 is 0. The highest BCUT2D eigenvalue weighted by atomic mass is 19.2. The average molecular weight is 342 g/mol. The van der Waals surface area contributed by atoms with Crippen molar-refractivity contribution in [2.45, 2.75) is 6.92 Å². The first kappa shape index (κ1) is 17.3. The molecule has 3 N–H and O–H groups in total. The van der Waals surface area contributed by atoms with Crippen LogP contribution >= 0.6 is 0 Å². The first-order valence-electron chi connectivity index (χ1n) is 6.45. The number of anilines is 2. The Balaban J connectivity index is 2.35. The van der Waals surface area contributed by atoms with Gasteiger partial charge < -0.3 is 15.7 Å². The van der Waals surface area contributed by atoms with Gasteiger partial charge in [-0.15, -0.1) is 0 Å². The fourth-order valence-electron chi connectivity index (χ4n) is 1.85. The van der Waals surface area contributed by atoms with E-state index in [0.717, 1.165) is 12.1 Å². The maximum Gasteiger partial charge on any atom is 0.258 e. The van der Waals surface area contributed by atoms with E-state index in [-0.39, 0.29) is 11.8 Å². The highest BCUT2D eigenvalue weighted by molar-refractivity contribution is 6.05. The van der Waals surface area contributed by atoms with E-state index in [1.54, 1.807) is 0 Å². The van der Waals surface area contributed by atoms with Crippen LogP contribution in [0.25, 0.3) is 0 Å². The molecule has 24 heavy (non-hydrogen) atoms. The largest absolute Gasteiger partial charge is 0.503 e. The summed E-state index contributed by atoms with van der Waals surface area (Å²) in [6.07, 6.45) is 0. The van der Waals surface area contributed by atoms with Crippen molar-refractivity contribution in [3.63, 3.8) is 0 Å². The number of rotatable bonds is 3. The molecule has 0 spiro atoms. The van der Waals surface area contributed by atoms with Gasteiger partial charge in [0.2, 0.25) is 11.7 Å². The number of aromatic hydroxyl groups is 1. The Morgan fingerprint density at radius 2 is 1.62 bits per heavy atom. The van der Waals surface area contributed by atoms with Gasteiger partial charge in [0.05, 0.1) is 11.3 Å². The lowest BCUT2D eigenvalue weighted by molar-refractivity contribution is -0.114. The fourth-order valence-corrected chi connectivity index (χ4v) is 1.85. The predicted octanol–water partition coefficient (Wildman–Crippen LogP) is 3.16. The van der Waals surface area contributed by atoms with Crippen LogP contribution in [0.4, 0.5) is 28.9 Å². The Kier molecular flexibility index (Phi) is 4.72. The summed E-state index contributed by atoms with van der Waals surface area (Å²) in [5, 5.41) is 13.4. The Morgan fingerprint density at radius 3 is 2.25 bits per heavy atom. The fraction of sp³-hybridized carbons (Fsp3) is 0.0667. The molecule has 0 atom stereocenters. The van der Waals surface area contributed by atoms with Crippen LogP contribution in [-0.4, -0.2) is 16.9 Å². The van der Waals surface area contributed by atoms with Crippen LogP contribution in [0.2, 0.25) is 0 Å². The number of halogens is 4. The smallest absolute Gasteiger partial charge is 0.258 e. The van der Waals surface area contributed by atoms with Crippen molar-refractivity contribution < 1.29 is 32.3 Å². The highest BCUT2D eigenvalue weighted by Crippen LogP contribution is 2.27. The molecule has 0 radical (unpaired) electrons. The lowest BCUT2D eigenvalue weighted by Crippen LogP contribution is -2.16. The number of carbonyl (C=O) groups excluding carboxylic acids is 2. The van der Waals surface area contributed by atoms with Crippen molar-refractivity contribution in [1.82, 2.24) is 0 Å². The number of carbonyl (C=O) groups is 2. The van der Waals surface area contributed by atoms with Gasteiger partial charge in [-0.3, -0.25) is 9.59 Å². The van der Waals surface area contributed by atoms with E-state index >= 15 is 0 Å². The zero-order chi connectivity index (χ0) is 18.0. The highest BCUT2D eigenvalue weighted by Gasteiger charge is 2.23. The SMILES string of the molecule is CC(=O)Nc1ccc(F)c(NC(=O)c2cc(F)c(F)c(O)c2F)c1. The van der Waals surface area contributed by atoms with Gasteiger partial charge in [-0.2, -0.15) is 4.39 Å². The van der Waals surface area contributed by atoms with Gasteiger partial charge in [0.25, 0.3) is 5.91 Å². The number of phenols is 1. The number of hydrogen-bond acceptors (Lipinski definition) is 3. The summed E-state index contributed by atoms with van der Waals surface area (Å²) in [7, 11) is 0. The van der Waals surface area contributed by atoms with Crippen LogP contribution < -0.4 is 10.6 Å². The summed E-state index contributed by atoms with van der Waals surface area (Å²) in [6.45, 7) is 1.21. The van der Waals surface area contributed by atoms with E-state index in [4.69, 9.17) is 5.11 Å². The topological polar surface area (TPSA) is 78.4 Å². The van der Waals surface area contributed by atoms with Crippen LogP contribution in [0.1, 0.15) is 17.3 Å². The normalized spacial score (nSPS) is 10.4. The average Bonchev–Trinajstić information content (AvgIpc) is 2.51. The zero-order valence-electron chi connectivity index (χ0n) is 12.1. The van der Waals surface area contributed by atoms with Crippen molar-refractivity contribution >= 4 is 23.2 Å². The molecule has 2 rings (SSSR count). The van der Waals surface area contributed by atoms with Crippen molar-refractivity contribution in [3.8, 4) is 5.75 Å². The summed E-state index contributed by atoms with van der Waals surface area (Å²) in [6, 6.07) is 3.43. The third-order valence-corrected chi connectivity index (χ3v) is 2.91. The molecule has 0 bridgehead atoms.